The third-order valence-electron chi connectivity index (χ3n) is 11.2. The van der Waals surface area contributed by atoms with Gasteiger partial charge < -0.3 is 30.0 Å². The summed E-state index contributed by atoms with van der Waals surface area (Å²) in [5.41, 5.74) is 10.7. The van der Waals surface area contributed by atoms with Crippen LogP contribution in [0.4, 0.5) is 10.7 Å². The fraction of sp³-hybridized carbons (Fsp3) is 0.391. The number of fused-ring (bicyclic) bond motifs is 4. The molecule has 7 heterocycles. The number of rotatable bonds is 15. The average molecular weight is 899 g/mol. The highest BCUT2D eigenvalue weighted by Crippen LogP contribution is 2.37. The molecule has 20 heteroatoms. The van der Waals surface area contributed by atoms with Crippen molar-refractivity contribution in [1.82, 2.24) is 58.8 Å². The number of imidazole rings is 1. The van der Waals surface area contributed by atoms with Gasteiger partial charge in [0.05, 0.1) is 29.1 Å². The lowest BCUT2D eigenvalue weighted by molar-refractivity contribution is -0.00383. The lowest BCUT2D eigenvalue weighted by Gasteiger charge is -2.39. The van der Waals surface area contributed by atoms with Crippen molar-refractivity contribution < 1.29 is 28.7 Å². The quantitative estimate of drug-likeness (QED) is 0.106. The SMILES string of the molecule is CCn1nc(C)cc1C(=O)Nc1nc2cc(C(=O)NC)cnc2n1C/C=C/Cn1c2nc(-c3cc(C)nn3CC)ncc2c2cc(C(N)=O)cc(OCCC3CN(C(=O)OC(C)(C)C)C3)c21. The first kappa shape index (κ1) is 44.9. The highest BCUT2D eigenvalue weighted by molar-refractivity contribution is 6.12. The van der Waals surface area contributed by atoms with Crippen molar-refractivity contribution in [3.63, 3.8) is 0 Å². The molecule has 0 bridgehead atoms. The number of hydrogen-bond donors (Lipinski definition) is 3. The summed E-state index contributed by atoms with van der Waals surface area (Å²) in [6, 6.07) is 8.67. The molecule has 0 unspecified atom stereocenters. The maximum Gasteiger partial charge on any atom is 0.410 e. The summed E-state index contributed by atoms with van der Waals surface area (Å²) in [7, 11) is 1.54. The summed E-state index contributed by atoms with van der Waals surface area (Å²) < 4.78 is 19.3. The van der Waals surface area contributed by atoms with Gasteiger partial charge in [-0.15, -0.1) is 0 Å². The summed E-state index contributed by atoms with van der Waals surface area (Å²) in [5.74, 6) is 0.0183. The number of anilines is 1. The predicted octanol–water partition coefficient (Wildman–Crippen LogP) is 5.65. The summed E-state index contributed by atoms with van der Waals surface area (Å²) in [6.07, 6.45) is 7.41. The molecule has 344 valence electrons. The maximum absolute atomic E-state index is 13.7. The summed E-state index contributed by atoms with van der Waals surface area (Å²) in [4.78, 5) is 72.4. The van der Waals surface area contributed by atoms with E-state index in [0.717, 1.165) is 11.4 Å². The topological polar surface area (TPSA) is 237 Å². The largest absolute Gasteiger partial charge is 0.491 e. The minimum Gasteiger partial charge on any atom is -0.491 e. The number of ether oxygens (including phenoxy) is 2. The molecule has 1 fully saturated rings. The number of hydrogen-bond acceptors (Lipinski definition) is 12. The second-order valence-electron chi connectivity index (χ2n) is 17.3. The molecular formula is C46H54N14O6. The number of primary amides is 1. The van der Waals surface area contributed by atoms with Gasteiger partial charge >= 0.3 is 6.09 Å². The number of carbonyl (C=O) groups excluding carboxylic acids is 4. The molecule has 0 aliphatic carbocycles. The van der Waals surface area contributed by atoms with Crippen LogP contribution in [-0.4, -0.2) is 110 Å². The first-order valence-corrected chi connectivity index (χ1v) is 21.9. The molecule has 0 atom stereocenters. The lowest BCUT2D eigenvalue weighted by atomic mass is 9.97. The minimum atomic E-state index is -0.616. The first-order chi connectivity index (χ1) is 31.5. The molecule has 1 aliphatic rings. The Morgan fingerprint density at radius 1 is 0.833 bits per heavy atom. The highest BCUT2D eigenvalue weighted by atomic mass is 16.6. The number of likely N-dealkylation sites (tertiary alicyclic amines) is 1. The molecule has 4 amide bonds. The van der Waals surface area contributed by atoms with Crippen LogP contribution in [-0.2, 0) is 30.9 Å². The number of nitrogens with two attached hydrogens (primary N) is 1. The standard InChI is InChI=1S/C46H54N14O6/c1-9-59-34(17-26(3)54-59)39-49-23-32-31-19-29(38(47)61)21-36(65-16-13-28-24-56(25-28)45(64)66-46(5,6)7)37(31)57(40(32)52-39)14-11-12-15-58-41-33(20-30(22-50-41)42(62)48-8)51-44(58)53-43(63)35-18-27(4)55-60(35)10-2/h11-12,17-23,28H,9-10,13-16,24-25H2,1-8H3,(H2,47,61)(H,48,62)(H,51,53,63)/b12-11+. The zero-order chi connectivity index (χ0) is 47.0. The Morgan fingerprint density at radius 2 is 1.55 bits per heavy atom. The minimum absolute atomic E-state index is 0.207. The van der Waals surface area contributed by atoms with Crippen LogP contribution in [0.25, 0.3) is 44.6 Å². The van der Waals surface area contributed by atoms with E-state index in [0.29, 0.717) is 107 Å². The first-order valence-electron chi connectivity index (χ1n) is 21.9. The van der Waals surface area contributed by atoms with Gasteiger partial charge in [-0.2, -0.15) is 10.2 Å². The Balaban J connectivity index is 1.15. The Labute approximate surface area is 380 Å². The van der Waals surface area contributed by atoms with Crippen molar-refractivity contribution in [3.8, 4) is 17.3 Å². The molecule has 0 saturated carbocycles. The Morgan fingerprint density at radius 3 is 2.24 bits per heavy atom. The molecule has 0 spiro atoms. The molecule has 66 heavy (non-hydrogen) atoms. The zero-order valence-electron chi connectivity index (χ0n) is 38.4. The Hall–Kier alpha value is -7.64. The van der Waals surface area contributed by atoms with E-state index in [1.165, 1.54) is 13.2 Å². The molecule has 20 nitrogen and oxygen atoms in total. The van der Waals surface area contributed by atoms with Gasteiger partial charge in [0.2, 0.25) is 11.9 Å². The molecule has 8 rings (SSSR count). The van der Waals surface area contributed by atoms with E-state index in [4.69, 9.17) is 30.2 Å². The van der Waals surface area contributed by atoms with Gasteiger partial charge in [0, 0.05) is 75.0 Å². The number of amides is 4. The van der Waals surface area contributed by atoms with Gasteiger partial charge in [0.1, 0.15) is 33.9 Å². The van der Waals surface area contributed by atoms with E-state index in [1.54, 1.807) is 44.6 Å². The molecule has 4 N–H and O–H groups in total. The van der Waals surface area contributed by atoms with E-state index in [-0.39, 0.29) is 36.0 Å². The van der Waals surface area contributed by atoms with Crippen LogP contribution in [0.2, 0.25) is 0 Å². The molecule has 7 aromatic rings. The van der Waals surface area contributed by atoms with Crippen LogP contribution in [0.5, 0.6) is 5.75 Å². The van der Waals surface area contributed by atoms with Crippen molar-refractivity contribution in [2.75, 3.05) is 32.1 Å². The van der Waals surface area contributed by atoms with Crippen LogP contribution in [0.15, 0.2) is 54.9 Å². The third-order valence-corrected chi connectivity index (χ3v) is 11.2. The lowest BCUT2D eigenvalue weighted by Crippen LogP contribution is -2.51. The molecule has 0 radical (unpaired) electrons. The zero-order valence-corrected chi connectivity index (χ0v) is 38.4. The second kappa shape index (κ2) is 18.1. The van der Waals surface area contributed by atoms with Crippen LogP contribution >= 0.6 is 0 Å². The van der Waals surface area contributed by atoms with Crippen LogP contribution < -0.4 is 21.1 Å². The number of allylic oxidation sites excluding steroid dienone is 2. The van der Waals surface area contributed by atoms with Gasteiger partial charge in [-0.3, -0.25) is 33.6 Å². The molecule has 1 aliphatic heterocycles. The molecule has 6 aromatic heterocycles. The fourth-order valence-electron chi connectivity index (χ4n) is 8.09. The van der Waals surface area contributed by atoms with E-state index in [9.17, 15) is 19.2 Å². The molecular weight excluding hydrogens is 845 g/mol. The number of nitrogens with one attached hydrogen (secondary N) is 2. The van der Waals surface area contributed by atoms with Gasteiger partial charge in [-0.1, -0.05) is 12.2 Å². The predicted molar refractivity (Wildman–Crippen MR) is 247 cm³/mol. The molecule has 1 aromatic carbocycles. The molecule has 1 saturated heterocycles. The number of benzene rings is 1. The average Bonchev–Trinajstić information content (AvgIpc) is 4.02. The number of pyridine rings is 1. The van der Waals surface area contributed by atoms with Crippen LogP contribution in [0.3, 0.4) is 0 Å². The van der Waals surface area contributed by atoms with Crippen LogP contribution in [0.1, 0.15) is 83.6 Å². The monoisotopic (exact) mass is 898 g/mol. The van der Waals surface area contributed by atoms with E-state index < -0.39 is 17.4 Å². The van der Waals surface area contributed by atoms with Crippen molar-refractivity contribution in [1.29, 1.82) is 0 Å². The Kier molecular flexibility index (Phi) is 12.3. The number of aromatic nitrogens is 10. The summed E-state index contributed by atoms with van der Waals surface area (Å²) >= 11 is 0. The van der Waals surface area contributed by atoms with Gasteiger partial charge in [0.15, 0.2) is 11.5 Å². The van der Waals surface area contributed by atoms with Crippen LogP contribution in [0, 0.1) is 19.8 Å². The number of nitrogens with zero attached hydrogens (tertiary/aromatic N) is 11. The van der Waals surface area contributed by atoms with E-state index in [1.807, 2.05) is 75.9 Å². The smallest absolute Gasteiger partial charge is 0.410 e. The van der Waals surface area contributed by atoms with Crippen molar-refractivity contribution in [2.45, 2.75) is 86.7 Å². The van der Waals surface area contributed by atoms with Gasteiger partial charge in [-0.25, -0.2) is 24.7 Å². The van der Waals surface area contributed by atoms with E-state index in [2.05, 4.69) is 25.8 Å². The van der Waals surface area contributed by atoms with Crippen molar-refractivity contribution in [2.24, 2.45) is 11.7 Å². The van der Waals surface area contributed by atoms with Crippen molar-refractivity contribution in [3.05, 3.63) is 83.1 Å². The normalized spacial score (nSPS) is 13.2. The summed E-state index contributed by atoms with van der Waals surface area (Å²) in [5, 5.41) is 16.0. The fourth-order valence-corrected chi connectivity index (χ4v) is 8.09. The maximum atomic E-state index is 13.7. The van der Waals surface area contributed by atoms with Gasteiger partial charge in [0.25, 0.3) is 11.8 Å². The second-order valence-corrected chi connectivity index (χ2v) is 17.3. The number of aryl methyl sites for hydroxylation is 4. The Bertz CT molecular complexity index is 3050. The van der Waals surface area contributed by atoms with E-state index >= 15 is 0 Å². The number of carbonyl (C=O) groups is 4. The van der Waals surface area contributed by atoms with Crippen molar-refractivity contribution >= 4 is 62.9 Å². The summed E-state index contributed by atoms with van der Waals surface area (Å²) in [6.45, 7) is 16.2. The third kappa shape index (κ3) is 9.02. The highest BCUT2D eigenvalue weighted by Gasteiger charge is 2.33. The van der Waals surface area contributed by atoms with Gasteiger partial charge in [-0.05, 0) is 91.1 Å².